The lowest BCUT2D eigenvalue weighted by atomic mass is 9.65. The second-order valence-corrected chi connectivity index (χ2v) is 7.17. The summed E-state index contributed by atoms with van der Waals surface area (Å²) in [5.74, 6) is 0.341. The molecule has 0 N–H and O–H groups in total. The van der Waals surface area contributed by atoms with E-state index in [1.54, 1.807) is 12.1 Å². The smallest absolute Gasteiger partial charge is 0.123 e. The number of hydrogen-bond donors (Lipinski definition) is 0. The number of rotatable bonds is 7. The van der Waals surface area contributed by atoms with E-state index in [-0.39, 0.29) is 11.2 Å². The van der Waals surface area contributed by atoms with Gasteiger partial charge in [0.1, 0.15) is 5.82 Å². The van der Waals surface area contributed by atoms with Gasteiger partial charge < -0.3 is 0 Å². The summed E-state index contributed by atoms with van der Waals surface area (Å²) >= 11 is 0. The zero-order chi connectivity index (χ0) is 15.4. The SMILES string of the molecule is CCC(C)(CC)CC(c1ccc(F)cc1)C(C)(C)CC. The summed E-state index contributed by atoms with van der Waals surface area (Å²) in [6, 6.07) is 7.15. The van der Waals surface area contributed by atoms with Crippen molar-refractivity contribution in [3.8, 4) is 0 Å². The third kappa shape index (κ3) is 4.07. The zero-order valence-corrected chi connectivity index (χ0v) is 14.1. The summed E-state index contributed by atoms with van der Waals surface area (Å²) in [7, 11) is 0. The number of benzene rings is 1. The highest BCUT2D eigenvalue weighted by Crippen LogP contribution is 2.47. The highest BCUT2D eigenvalue weighted by molar-refractivity contribution is 5.23. The fourth-order valence-electron chi connectivity index (χ4n) is 2.82. The Morgan fingerprint density at radius 2 is 1.40 bits per heavy atom. The summed E-state index contributed by atoms with van der Waals surface area (Å²) in [5, 5.41) is 0. The van der Waals surface area contributed by atoms with Gasteiger partial charge in [-0.1, -0.05) is 72.9 Å². The topological polar surface area (TPSA) is 0 Å². The fourth-order valence-corrected chi connectivity index (χ4v) is 2.82. The van der Waals surface area contributed by atoms with Crippen LogP contribution in [0.5, 0.6) is 0 Å². The van der Waals surface area contributed by atoms with E-state index < -0.39 is 0 Å². The van der Waals surface area contributed by atoms with Crippen LogP contribution >= 0.6 is 0 Å². The van der Waals surface area contributed by atoms with Crippen molar-refractivity contribution in [3.05, 3.63) is 35.6 Å². The minimum absolute atomic E-state index is 0.143. The maximum absolute atomic E-state index is 13.2. The van der Waals surface area contributed by atoms with Crippen LogP contribution in [0.25, 0.3) is 0 Å². The van der Waals surface area contributed by atoms with Gasteiger partial charge in [0, 0.05) is 0 Å². The molecule has 0 nitrogen and oxygen atoms in total. The first-order valence-corrected chi connectivity index (χ1v) is 8.03. The Bertz CT molecular complexity index is 398. The molecule has 0 saturated heterocycles. The van der Waals surface area contributed by atoms with Crippen LogP contribution in [0.1, 0.15) is 78.7 Å². The highest BCUT2D eigenvalue weighted by Gasteiger charge is 2.34. The van der Waals surface area contributed by atoms with Crippen molar-refractivity contribution in [2.45, 2.75) is 73.1 Å². The Kier molecular flexibility index (Phi) is 5.79. The average molecular weight is 278 g/mol. The molecule has 0 heterocycles. The van der Waals surface area contributed by atoms with Gasteiger partial charge in [0.15, 0.2) is 0 Å². The van der Waals surface area contributed by atoms with Crippen LogP contribution < -0.4 is 0 Å². The second kappa shape index (κ2) is 6.74. The van der Waals surface area contributed by atoms with Gasteiger partial charge in [-0.15, -0.1) is 0 Å². The van der Waals surface area contributed by atoms with E-state index in [9.17, 15) is 4.39 Å². The molecular weight excluding hydrogens is 247 g/mol. The molecule has 1 atom stereocenters. The summed E-state index contributed by atoms with van der Waals surface area (Å²) in [6.07, 6.45) is 4.70. The van der Waals surface area contributed by atoms with Crippen molar-refractivity contribution in [1.82, 2.24) is 0 Å². The summed E-state index contributed by atoms with van der Waals surface area (Å²) in [4.78, 5) is 0. The molecule has 0 fully saturated rings. The van der Waals surface area contributed by atoms with Gasteiger partial charge in [-0.25, -0.2) is 4.39 Å². The van der Waals surface area contributed by atoms with Crippen molar-refractivity contribution in [2.24, 2.45) is 10.8 Å². The van der Waals surface area contributed by atoms with Gasteiger partial charge in [-0.3, -0.25) is 0 Å². The molecule has 0 spiro atoms. The highest BCUT2D eigenvalue weighted by atomic mass is 19.1. The summed E-state index contributed by atoms with van der Waals surface area (Å²) < 4.78 is 13.2. The monoisotopic (exact) mass is 278 g/mol. The molecule has 1 aromatic carbocycles. The number of halogens is 1. The minimum Gasteiger partial charge on any atom is -0.207 e. The maximum Gasteiger partial charge on any atom is 0.123 e. The van der Waals surface area contributed by atoms with Gasteiger partial charge >= 0.3 is 0 Å². The van der Waals surface area contributed by atoms with E-state index in [0.717, 1.165) is 6.42 Å². The lowest BCUT2D eigenvalue weighted by Gasteiger charge is -2.40. The fraction of sp³-hybridized carbons (Fsp3) is 0.684. The predicted octanol–water partition coefficient (Wildman–Crippen LogP) is 6.56. The van der Waals surface area contributed by atoms with E-state index in [1.807, 2.05) is 12.1 Å². The van der Waals surface area contributed by atoms with Crippen molar-refractivity contribution < 1.29 is 4.39 Å². The van der Waals surface area contributed by atoms with Gasteiger partial charge in [0.25, 0.3) is 0 Å². The second-order valence-electron chi connectivity index (χ2n) is 7.17. The molecule has 0 aliphatic heterocycles. The van der Waals surface area contributed by atoms with Crippen LogP contribution in [0.2, 0.25) is 0 Å². The molecular formula is C19H31F. The average Bonchev–Trinajstić information content (AvgIpc) is 2.45. The molecule has 0 aliphatic carbocycles. The lowest BCUT2D eigenvalue weighted by Crippen LogP contribution is -2.28. The van der Waals surface area contributed by atoms with Crippen molar-refractivity contribution in [1.29, 1.82) is 0 Å². The van der Waals surface area contributed by atoms with Crippen molar-refractivity contribution in [3.63, 3.8) is 0 Å². The first-order valence-electron chi connectivity index (χ1n) is 8.03. The van der Waals surface area contributed by atoms with Crippen LogP contribution in [0.15, 0.2) is 24.3 Å². The van der Waals surface area contributed by atoms with E-state index >= 15 is 0 Å². The molecule has 1 aromatic rings. The first-order chi connectivity index (χ1) is 9.28. The predicted molar refractivity (Wildman–Crippen MR) is 86.5 cm³/mol. The Morgan fingerprint density at radius 3 is 1.80 bits per heavy atom. The van der Waals surface area contributed by atoms with Crippen LogP contribution in [0.3, 0.4) is 0 Å². The van der Waals surface area contributed by atoms with E-state index in [1.165, 1.54) is 24.8 Å². The van der Waals surface area contributed by atoms with Gasteiger partial charge in [0.2, 0.25) is 0 Å². The molecule has 20 heavy (non-hydrogen) atoms. The molecule has 0 radical (unpaired) electrons. The van der Waals surface area contributed by atoms with Gasteiger partial charge in [-0.2, -0.15) is 0 Å². The first kappa shape index (κ1) is 17.2. The normalized spacial score (nSPS) is 14.3. The molecule has 1 unspecified atom stereocenters. The van der Waals surface area contributed by atoms with E-state index in [4.69, 9.17) is 0 Å². The van der Waals surface area contributed by atoms with Gasteiger partial charge in [-0.05, 0) is 40.9 Å². The minimum atomic E-state index is -0.143. The van der Waals surface area contributed by atoms with Crippen LogP contribution in [0.4, 0.5) is 4.39 Å². The summed E-state index contributed by atoms with van der Waals surface area (Å²) in [5.41, 5.74) is 1.89. The Hall–Kier alpha value is -0.850. The van der Waals surface area contributed by atoms with E-state index in [0.29, 0.717) is 11.3 Å². The molecule has 0 amide bonds. The molecule has 1 heteroatoms. The standard InChI is InChI=1S/C19H31F/c1-7-18(4,5)17(14-19(6,8-2)9-3)15-10-12-16(20)13-11-15/h10-13,17H,7-9,14H2,1-6H3. The third-order valence-corrected chi connectivity index (χ3v) is 5.53. The van der Waals surface area contributed by atoms with Crippen LogP contribution in [-0.2, 0) is 0 Å². The Labute approximate surface area is 124 Å². The van der Waals surface area contributed by atoms with Crippen LogP contribution in [0, 0.1) is 16.6 Å². The molecule has 0 aliphatic rings. The molecule has 114 valence electrons. The Morgan fingerprint density at radius 1 is 0.900 bits per heavy atom. The lowest BCUT2D eigenvalue weighted by molar-refractivity contribution is 0.169. The molecule has 0 saturated carbocycles. The van der Waals surface area contributed by atoms with Crippen molar-refractivity contribution >= 4 is 0 Å². The zero-order valence-electron chi connectivity index (χ0n) is 14.1. The third-order valence-electron chi connectivity index (χ3n) is 5.53. The van der Waals surface area contributed by atoms with Crippen LogP contribution in [-0.4, -0.2) is 0 Å². The molecule has 0 aromatic heterocycles. The quantitative estimate of drug-likeness (QED) is 0.529. The molecule has 1 rings (SSSR count). The maximum atomic E-state index is 13.2. The Balaban J connectivity index is 3.12. The molecule has 0 bridgehead atoms. The number of hydrogen-bond acceptors (Lipinski definition) is 0. The van der Waals surface area contributed by atoms with E-state index in [2.05, 4.69) is 41.5 Å². The van der Waals surface area contributed by atoms with Gasteiger partial charge in [0.05, 0.1) is 0 Å². The largest absolute Gasteiger partial charge is 0.207 e. The summed E-state index contributed by atoms with van der Waals surface area (Å²) in [6.45, 7) is 13.9. The van der Waals surface area contributed by atoms with Crippen molar-refractivity contribution in [2.75, 3.05) is 0 Å².